The monoisotopic (exact) mass is 468 g/mol. The minimum absolute atomic E-state index is 0.0287. The zero-order chi connectivity index (χ0) is 24.7. The van der Waals surface area contributed by atoms with Crippen LogP contribution in [0, 0.1) is 5.92 Å². The van der Waals surface area contributed by atoms with E-state index < -0.39 is 30.1 Å². The number of ether oxygens (including phenoxy) is 2. The van der Waals surface area contributed by atoms with E-state index in [1.54, 1.807) is 0 Å². The lowest BCUT2D eigenvalue weighted by Gasteiger charge is -2.24. The van der Waals surface area contributed by atoms with Crippen molar-refractivity contribution >= 4 is 18.0 Å². The molecule has 0 aromatic heterocycles. The lowest BCUT2D eigenvalue weighted by atomic mass is 9.98. The van der Waals surface area contributed by atoms with Gasteiger partial charge in [0.15, 0.2) is 0 Å². The quantitative estimate of drug-likeness (QED) is 0.465. The van der Waals surface area contributed by atoms with Crippen molar-refractivity contribution in [2.45, 2.75) is 44.8 Å². The number of carboxylic acid groups (broad SMARTS) is 1. The van der Waals surface area contributed by atoms with Gasteiger partial charge in [0, 0.05) is 19.6 Å². The van der Waals surface area contributed by atoms with Crippen LogP contribution in [-0.2, 0) is 19.1 Å². The van der Waals surface area contributed by atoms with Gasteiger partial charge in [0.25, 0.3) is 0 Å². The van der Waals surface area contributed by atoms with Crippen LogP contribution >= 0.6 is 0 Å². The van der Waals surface area contributed by atoms with Crippen LogP contribution in [0.15, 0.2) is 48.5 Å². The number of carbonyl (C=O) groups is 3. The van der Waals surface area contributed by atoms with Gasteiger partial charge in [0.05, 0.1) is 12.5 Å². The third-order valence-corrected chi connectivity index (χ3v) is 6.35. The maximum absolute atomic E-state index is 12.8. The Kier molecular flexibility index (Phi) is 8.65. The molecule has 0 fully saturated rings. The maximum atomic E-state index is 12.8. The average molecular weight is 469 g/mol. The molecule has 0 spiro atoms. The molecule has 8 nitrogen and oxygen atoms in total. The van der Waals surface area contributed by atoms with Crippen LogP contribution in [-0.4, -0.2) is 55.5 Å². The van der Waals surface area contributed by atoms with E-state index in [1.807, 2.05) is 50.2 Å². The second-order valence-electron chi connectivity index (χ2n) is 8.53. The van der Waals surface area contributed by atoms with Crippen LogP contribution < -0.4 is 10.6 Å². The molecule has 0 bridgehead atoms. The number of fused-ring (bicyclic) bond motifs is 3. The van der Waals surface area contributed by atoms with Gasteiger partial charge in [-0.25, -0.2) is 4.79 Å². The molecule has 8 heteroatoms. The van der Waals surface area contributed by atoms with Gasteiger partial charge in [-0.15, -0.1) is 0 Å². The summed E-state index contributed by atoms with van der Waals surface area (Å²) in [5, 5.41) is 14.3. The topological polar surface area (TPSA) is 114 Å². The minimum atomic E-state index is -1.02. The molecule has 3 N–H and O–H groups in total. The Hall–Kier alpha value is -3.39. The van der Waals surface area contributed by atoms with Crippen molar-refractivity contribution in [3.8, 4) is 11.1 Å². The van der Waals surface area contributed by atoms with Gasteiger partial charge in [-0.3, -0.25) is 9.59 Å². The molecule has 0 saturated carbocycles. The molecule has 2 aromatic rings. The number of alkyl carbamates (subject to hydrolysis) is 1. The van der Waals surface area contributed by atoms with E-state index in [9.17, 15) is 14.4 Å². The Morgan fingerprint density at radius 2 is 1.62 bits per heavy atom. The molecule has 3 unspecified atom stereocenters. The first kappa shape index (κ1) is 25.2. The van der Waals surface area contributed by atoms with E-state index in [2.05, 4.69) is 22.8 Å². The molecule has 1 aliphatic carbocycles. The zero-order valence-corrected chi connectivity index (χ0v) is 19.7. The predicted molar refractivity (Wildman–Crippen MR) is 128 cm³/mol. The first-order chi connectivity index (χ1) is 16.3. The lowest BCUT2D eigenvalue weighted by molar-refractivity contribution is -0.140. The summed E-state index contributed by atoms with van der Waals surface area (Å²) in [5.74, 6) is -1.65. The summed E-state index contributed by atoms with van der Waals surface area (Å²) in [6.07, 6.45) is -0.903. The number of hydrogen-bond acceptors (Lipinski definition) is 5. The van der Waals surface area contributed by atoms with E-state index in [0.29, 0.717) is 6.42 Å². The number of carbonyl (C=O) groups excluding carboxylic acids is 2. The van der Waals surface area contributed by atoms with Gasteiger partial charge >= 0.3 is 12.1 Å². The third-order valence-electron chi connectivity index (χ3n) is 6.35. The molecule has 0 radical (unpaired) electrons. The number of rotatable bonds is 11. The fourth-order valence-electron chi connectivity index (χ4n) is 4.23. The number of nitrogens with one attached hydrogen (secondary N) is 2. The van der Waals surface area contributed by atoms with Crippen LogP contribution in [0.5, 0.6) is 0 Å². The predicted octanol–water partition coefficient (Wildman–Crippen LogP) is 3.55. The van der Waals surface area contributed by atoms with E-state index in [-0.39, 0.29) is 31.4 Å². The van der Waals surface area contributed by atoms with Crippen LogP contribution in [0.1, 0.15) is 43.7 Å². The standard InChI is InChI=1S/C26H32N2O6/c1-4-16(2)24(25(31)27-14-17(33-3)13-23(29)30)28-26(32)34-15-22-20-11-7-5-9-18(20)19-10-6-8-12-21(19)22/h5-12,16-17,22,24H,4,13-15H2,1-3H3,(H,27,31)(H,28,32)(H,29,30). The fourth-order valence-corrected chi connectivity index (χ4v) is 4.23. The smallest absolute Gasteiger partial charge is 0.407 e. The molecule has 2 amide bonds. The van der Waals surface area contributed by atoms with Crippen molar-refractivity contribution in [3.63, 3.8) is 0 Å². The Morgan fingerprint density at radius 1 is 1.03 bits per heavy atom. The van der Waals surface area contributed by atoms with Crippen LogP contribution in [0.3, 0.4) is 0 Å². The molecule has 34 heavy (non-hydrogen) atoms. The summed E-state index contributed by atoms with van der Waals surface area (Å²) < 4.78 is 10.7. The number of aliphatic carboxylic acids is 1. The molecular formula is C26H32N2O6. The summed E-state index contributed by atoms with van der Waals surface area (Å²) in [6, 6.07) is 15.3. The third kappa shape index (κ3) is 5.94. The molecular weight excluding hydrogens is 436 g/mol. The number of methoxy groups -OCH3 is 1. The van der Waals surface area contributed by atoms with E-state index in [1.165, 1.54) is 7.11 Å². The minimum Gasteiger partial charge on any atom is -0.481 e. The number of carboxylic acids is 1. The molecule has 0 saturated heterocycles. The second kappa shape index (κ2) is 11.7. The highest BCUT2D eigenvalue weighted by molar-refractivity contribution is 5.86. The summed E-state index contributed by atoms with van der Waals surface area (Å²) in [5.41, 5.74) is 4.49. The van der Waals surface area contributed by atoms with Crippen molar-refractivity contribution in [1.82, 2.24) is 10.6 Å². The highest BCUT2D eigenvalue weighted by Crippen LogP contribution is 2.44. The molecule has 182 valence electrons. The highest BCUT2D eigenvalue weighted by Gasteiger charge is 2.31. The molecule has 3 rings (SSSR count). The summed E-state index contributed by atoms with van der Waals surface area (Å²) in [6.45, 7) is 3.96. The van der Waals surface area contributed by atoms with Crippen molar-refractivity contribution in [3.05, 3.63) is 59.7 Å². The van der Waals surface area contributed by atoms with Crippen LogP contribution in [0.4, 0.5) is 4.79 Å². The number of benzene rings is 2. The Labute approximate surface area is 199 Å². The largest absolute Gasteiger partial charge is 0.481 e. The van der Waals surface area contributed by atoms with Gasteiger partial charge in [0.2, 0.25) is 5.91 Å². The Morgan fingerprint density at radius 3 is 2.15 bits per heavy atom. The molecule has 0 heterocycles. The van der Waals surface area contributed by atoms with E-state index in [0.717, 1.165) is 22.3 Å². The zero-order valence-electron chi connectivity index (χ0n) is 19.7. The molecule has 3 atom stereocenters. The maximum Gasteiger partial charge on any atom is 0.407 e. The summed E-state index contributed by atoms with van der Waals surface area (Å²) in [4.78, 5) is 36.4. The first-order valence-electron chi connectivity index (χ1n) is 11.5. The number of amides is 2. The van der Waals surface area contributed by atoms with Gasteiger partial charge in [-0.2, -0.15) is 0 Å². The first-order valence-corrected chi connectivity index (χ1v) is 11.5. The fraction of sp³-hybridized carbons (Fsp3) is 0.423. The normalized spacial score (nSPS) is 14.9. The van der Waals surface area contributed by atoms with Crippen molar-refractivity contribution in [2.75, 3.05) is 20.3 Å². The number of hydrogen-bond donors (Lipinski definition) is 3. The van der Waals surface area contributed by atoms with E-state index >= 15 is 0 Å². The van der Waals surface area contributed by atoms with Gasteiger partial charge < -0.3 is 25.2 Å². The Balaban J connectivity index is 1.62. The van der Waals surface area contributed by atoms with E-state index in [4.69, 9.17) is 14.6 Å². The van der Waals surface area contributed by atoms with Crippen molar-refractivity contribution < 1.29 is 29.0 Å². The Bertz CT molecular complexity index is 978. The van der Waals surface area contributed by atoms with Gasteiger partial charge in [-0.1, -0.05) is 68.8 Å². The van der Waals surface area contributed by atoms with Crippen molar-refractivity contribution in [1.29, 1.82) is 0 Å². The summed E-state index contributed by atoms with van der Waals surface area (Å²) in [7, 11) is 1.39. The summed E-state index contributed by atoms with van der Waals surface area (Å²) >= 11 is 0. The highest BCUT2D eigenvalue weighted by atomic mass is 16.5. The molecule has 1 aliphatic rings. The van der Waals surface area contributed by atoms with Crippen molar-refractivity contribution in [2.24, 2.45) is 5.92 Å². The van der Waals surface area contributed by atoms with Crippen LogP contribution in [0.25, 0.3) is 11.1 Å². The van der Waals surface area contributed by atoms with Crippen LogP contribution in [0.2, 0.25) is 0 Å². The van der Waals surface area contributed by atoms with Gasteiger partial charge in [-0.05, 0) is 28.2 Å². The SMILES string of the molecule is CCC(C)C(NC(=O)OCC1c2ccccc2-c2ccccc21)C(=O)NCC(CC(=O)O)OC. The van der Waals surface area contributed by atoms with Gasteiger partial charge in [0.1, 0.15) is 12.6 Å². The molecule has 2 aromatic carbocycles. The second-order valence-corrected chi connectivity index (χ2v) is 8.53. The average Bonchev–Trinajstić information content (AvgIpc) is 3.16. The lowest BCUT2D eigenvalue weighted by Crippen LogP contribution is -2.51. The molecule has 0 aliphatic heterocycles.